The fourth-order valence-corrected chi connectivity index (χ4v) is 8.68. The Hall–Kier alpha value is -5.86. The molecule has 0 atom stereocenters. The summed E-state index contributed by atoms with van der Waals surface area (Å²) >= 11 is 0. The Morgan fingerprint density at radius 3 is 2.00 bits per heavy atom. The first-order valence-corrected chi connectivity index (χ1v) is 17.4. The molecule has 2 heteroatoms. The monoisotopic (exact) mass is 645 g/mol. The van der Waals surface area contributed by atoms with E-state index in [9.17, 15) is 0 Å². The maximum atomic E-state index is 6.72. The number of hydrogen-bond acceptors (Lipinski definition) is 2. The van der Waals surface area contributed by atoms with Gasteiger partial charge in [0.25, 0.3) is 0 Å². The van der Waals surface area contributed by atoms with Crippen LogP contribution >= 0.6 is 0 Å². The zero-order valence-electron chi connectivity index (χ0n) is 29.0. The molecule has 0 radical (unpaired) electrons. The summed E-state index contributed by atoms with van der Waals surface area (Å²) in [6, 6.07) is 46.2. The molecule has 0 saturated carbocycles. The van der Waals surface area contributed by atoms with Gasteiger partial charge in [-0.25, -0.2) is 0 Å². The molecule has 0 N–H and O–H groups in total. The summed E-state index contributed by atoms with van der Waals surface area (Å²) in [6.45, 7) is 17.6. The van der Waals surface area contributed by atoms with Crippen molar-refractivity contribution in [2.75, 3.05) is 4.90 Å². The third kappa shape index (κ3) is 4.21. The summed E-state index contributed by atoms with van der Waals surface area (Å²) in [4.78, 5) is 2.40. The molecule has 6 aromatic carbocycles. The highest BCUT2D eigenvalue weighted by Gasteiger charge is 2.37. The minimum atomic E-state index is -0.214. The third-order valence-electron chi connectivity index (χ3n) is 11.2. The predicted molar refractivity (Wildman–Crippen MR) is 212 cm³/mol. The van der Waals surface area contributed by atoms with Crippen LogP contribution in [0.15, 0.2) is 163 Å². The number of nitrogens with zero attached hydrogens (tertiary/aromatic N) is 1. The number of allylic oxidation sites excluding steroid dienone is 4. The van der Waals surface area contributed by atoms with E-state index >= 15 is 0 Å². The van der Waals surface area contributed by atoms with Crippen molar-refractivity contribution >= 4 is 44.6 Å². The van der Waals surface area contributed by atoms with Crippen molar-refractivity contribution in [3.63, 3.8) is 0 Å². The number of anilines is 3. The summed E-state index contributed by atoms with van der Waals surface area (Å²) in [5.74, 6) is 0. The molecule has 0 bridgehead atoms. The number of rotatable bonds is 6. The van der Waals surface area contributed by atoms with Crippen molar-refractivity contribution in [3.8, 4) is 22.3 Å². The summed E-state index contributed by atoms with van der Waals surface area (Å²) in [7, 11) is 0. The molecule has 1 aromatic heterocycles. The van der Waals surface area contributed by atoms with Crippen molar-refractivity contribution in [3.05, 3.63) is 181 Å². The van der Waals surface area contributed by atoms with Crippen LogP contribution in [-0.4, -0.2) is 0 Å². The second-order valence-corrected chi connectivity index (χ2v) is 14.7. The largest absolute Gasteiger partial charge is 0.456 e. The van der Waals surface area contributed by atoms with Crippen LogP contribution in [0, 0.1) is 0 Å². The number of fused-ring (bicyclic) bond motifs is 7. The molecule has 1 heterocycles. The highest BCUT2D eigenvalue weighted by atomic mass is 16.3. The Balaban J connectivity index is 1.29. The highest BCUT2D eigenvalue weighted by Crippen LogP contribution is 2.53. The Kier molecular flexibility index (Phi) is 6.54. The summed E-state index contributed by atoms with van der Waals surface area (Å²) in [5, 5.41) is 2.23. The van der Waals surface area contributed by atoms with Crippen LogP contribution in [-0.2, 0) is 10.8 Å². The van der Waals surface area contributed by atoms with Gasteiger partial charge in [0.15, 0.2) is 0 Å². The molecule has 0 aliphatic heterocycles. The molecule has 0 unspecified atom stereocenters. The second-order valence-electron chi connectivity index (χ2n) is 14.7. The fraction of sp³-hybridized carbons (Fsp3) is 0.125. The third-order valence-corrected chi connectivity index (χ3v) is 11.2. The molecule has 50 heavy (non-hydrogen) atoms. The van der Waals surface area contributed by atoms with Crippen molar-refractivity contribution in [1.29, 1.82) is 0 Å². The SMILES string of the molecule is C=CC1=C(C=C)C(C)(C)c2cc(N(c3ccc(-c4ccccc4)cc3)c3cccc4oc5cc6c(cc5c34)-c3ccccc3C6(C)C)ccc21. The predicted octanol–water partition coefficient (Wildman–Crippen LogP) is 13.4. The van der Waals surface area contributed by atoms with E-state index < -0.39 is 0 Å². The van der Waals surface area contributed by atoms with Gasteiger partial charge in [-0.2, -0.15) is 0 Å². The molecule has 0 saturated heterocycles. The van der Waals surface area contributed by atoms with Crippen LogP contribution in [0.25, 0.3) is 49.8 Å². The van der Waals surface area contributed by atoms with Crippen molar-refractivity contribution < 1.29 is 4.42 Å². The molecule has 0 amide bonds. The normalized spacial score (nSPS) is 15.2. The molecule has 2 aliphatic carbocycles. The minimum absolute atomic E-state index is 0.103. The lowest BCUT2D eigenvalue weighted by atomic mass is 9.81. The van der Waals surface area contributed by atoms with E-state index in [-0.39, 0.29) is 10.8 Å². The van der Waals surface area contributed by atoms with Gasteiger partial charge in [0.05, 0.1) is 11.1 Å². The molecule has 7 aromatic rings. The molecule has 242 valence electrons. The molecule has 2 aliphatic rings. The van der Waals surface area contributed by atoms with Crippen LogP contribution in [0.2, 0.25) is 0 Å². The Labute approximate surface area is 294 Å². The lowest BCUT2D eigenvalue weighted by Gasteiger charge is -2.29. The fourth-order valence-electron chi connectivity index (χ4n) is 8.68. The van der Waals surface area contributed by atoms with Crippen LogP contribution in [0.3, 0.4) is 0 Å². The minimum Gasteiger partial charge on any atom is -0.456 e. The maximum Gasteiger partial charge on any atom is 0.137 e. The molecule has 0 fully saturated rings. The van der Waals surface area contributed by atoms with Gasteiger partial charge in [0.2, 0.25) is 0 Å². The van der Waals surface area contributed by atoms with Gasteiger partial charge in [-0.05, 0) is 104 Å². The average molecular weight is 646 g/mol. The van der Waals surface area contributed by atoms with Gasteiger partial charge in [0, 0.05) is 27.6 Å². The van der Waals surface area contributed by atoms with Crippen LogP contribution in [0.4, 0.5) is 17.1 Å². The number of furan rings is 1. The summed E-state index contributed by atoms with van der Waals surface area (Å²) in [5.41, 5.74) is 17.2. The van der Waals surface area contributed by atoms with Gasteiger partial charge < -0.3 is 9.32 Å². The molecule has 9 rings (SSSR count). The topological polar surface area (TPSA) is 16.4 Å². The molecule has 2 nitrogen and oxygen atoms in total. The van der Waals surface area contributed by atoms with Gasteiger partial charge >= 0.3 is 0 Å². The summed E-state index contributed by atoms with van der Waals surface area (Å²) < 4.78 is 6.72. The van der Waals surface area contributed by atoms with Gasteiger partial charge in [-0.3, -0.25) is 0 Å². The Morgan fingerprint density at radius 2 is 1.24 bits per heavy atom. The smallest absolute Gasteiger partial charge is 0.137 e. The van der Waals surface area contributed by atoms with Crippen molar-refractivity contribution in [2.45, 2.75) is 38.5 Å². The number of hydrogen-bond donors (Lipinski definition) is 0. The van der Waals surface area contributed by atoms with E-state index in [1.54, 1.807) is 0 Å². The first-order chi connectivity index (χ1) is 24.2. The number of benzene rings is 6. The highest BCUT2D eigenvalue weighted by molar-refractivity contribution is 6.15. The van der Waals surface area contributed by atoms with Crippen LogP contribution < -0.4 is 4.90 Å². The first-order valence-electron chi connectivity index (χ1n) is 17.4. The van der Waals surface area contributed by atoms with E-state index in [0.717, 1.165) is 44.6 Å². The van der Waals surface area contributed by atoms with Crippen molar-refractivity contribution in [2.24, 2.45) is 0 Å². The van der Waals surface area contributed by atoms with E-state index in [0.29, 0.717) is 0 Å². The average Bonchev–Trinajstić information content (AvgIpc) is 3.70. The molecular formula is C48H39NO. The van der Waals surface area contributed by atoms with E-state index in [4.69, 9.17) is 4.42 Å². The van der Waals surface area contributed by atoms with Crippen LogP contribution in [0.5, 0.6) is 0 Å². The molecular weight excluding hydrogens is 607 g/mol. The van der Waals surface area contributed by atoms with E-state index in [1.165, 1.54) is 50.1 Å². The zero-order valence-corrected chi connectivity index (χ0v) is 29.0. The van der Waals surface area contributed by atoms with E-state index in [2.05, 4.69) is 173 Å². The van der Waals surface area contributed by atoms with E-state index in [1.807, 2.05) is 12.2 Å². The lowest BCUT2D eigenvalue weighted by Crippen LogP contribution is -2.17. The standard InChI is InChI=1S/C48H39NO/c1-7-34-36-26-25-33(27-41(36)47(3,4)39(34)8-2)49(32-23-21-31(22-24-32)30-15-10-9-11-16-30)43-19-14-20-44-46(43)38-28-37-35-17-12-13-18-40(35)48(5,6)42(37)29-45(38)50-44/h7-29H,1-2H2,3-6H3. The van der Waals surface area contributed by atoms with Gasteiger partial charge in [0.1, 0.15) is 11.2 Å². The Bertz CT molecular complexity index is 2560. The zero-order chi connectivity index (χ0) is 34.4. The quantitative estimate of drug-likeness (QED) is 0.179. The lowest BCUT2D eigenvalue weighted by molar-refractivity contribution is 0.647. The Morgan fingerprint density at radius 1 is 0.540 bits per heavy atom. The van der Waals surface area contributed by atoms with Crippen LogP contribution in [0.1, 0.15) is 49.9 Å². The molecule has 0 spiro atoms. The second kappa shape index (κ2) is 10.8. The maximum absolute atomic E-state index is 6.72. The van der Waals surface area contributed by atoms with Gasteiger partial charge in [-0.15, -0.1) is 0 Å². The van der Waals surface area contributed by atoms with Gasteiger partial charge in [-0.1, -0.05) is 132 Å². The van der Waals surface area contributed by atoms with Crippen molar-refractivity contribution in [1.82, 2.24) is 0 Å². The first kappa shape index (κ1) is 30.2. The summed E-state index contributed by atoms with van der Waals surface area (Å²) in [6.07, 6.45) is 3.97.